The Bertz CT molecular complexity index is 577. The van der Waals surface area contributed by atoms with Crippen LogP contribution in [0.1, 0.15) is 12.8 Å². The Morgan fingerprint density at radius 2 is 2.24 bits per heavy atom. The zero-order valence-electron chi connectivity index (χ0n) is 11.0. The van der Waals surface area contributed by atoms with E-state index in [-0.39, 0.29) is 11.7 Å². The second-order valence-corrected chi connectivity index (χ2v) is 5.57. The molecule has 114 valence electrons. The monoisotopic (exact) mass is 319 g/mol. The van der Waals surface area contributed by atoms with Crippen LogP contribution in [0, 0.1) is 0 Å². The van der Waals surface area contributed by atoms with Gasteiger partial charge in [-0.15, -0.1) is 11.8 Å². The highest BCUT2D eigenvalue weighted by molar-refractivity contribution is 7.99. The first-order valence-electron chi connectivity index (χ1n) is 6.02. The number of pyridine rings is 1. The maximum atomic E-state index is 12.1. The van der Waals surface area contributed by atoms with Gasteiger partial charge in [0.1, 0.15) is 12.2 Å². The van der Waals surface area contributed by atoms with Gasteiger partial charge in [0.25, 0.3) is 0 Å². The fourth-order valence-electron chi connectivity index (χ4n) is 1.78. The standard InChI is InChI=1S/C12H12F3N3O2S/c1-18-7-6-16-9(17-10(19)5-12(13,14)15)4-8(7)21-3-2-11(18)20/h4,6H,2-3,5H2,1H3,(H,16,17,19). The third-order valence-electron chi connectivity index (χ3n) is 2.78. The van der Waals surface area contributed by atoms with Gasteiger partial charge in [-0.1, -0.05) is 0 Å². The lowest BCUT2D eigenvalue weighted by molar-refractivity contribution is -0.150. The van der Waals surface area contributed by atoms with Crippen LogP contribution in [0.15, 0.2) is 17.2 Å². The van der Waals surface area contributed by atoms with Gasteiger partial charge in [-0.2, -0.15) is 13.2 Å². The molecule has 0 spiro atoms. The van der Waals surface area contributed by atoms with Gasteiger partial charge in [0, 0.05) is 24.1 Å². The zero-order valence-corrected chi connectivity index (χ0v) is 11.8. The topological polar surface area (TPSA) is 62.3 Å². The molecule has 0 aromatic carbocycles. The highest BCUT2D eigenvalue weighted by Gasteiger charge is 2.31. The molecule has 0 fully saturated rings. The van der Waals surface area contributed by atoms with E-state index in [0.717, 1.165) is 0 Å². The van der Waals surface area contributed by atoms with Crippen molar-refractivity contribution in [2.45, 2.75) is 23.9 Å². The van der Waals surface area contributed by atoms with E-state index in [4.69, 9.17) is 0 Å². The Morgan fingerprint density at radius 1 is 1.52 bits per heavy atom. The second kappa shape index (κ2) is 5.92. The highest BCUT2D eigenvalue weighted by atomic mass is 32.2. The molecule has 21 heavy (non-hydrogen) atoms. The van der Waals surface area contributed by atoms with Crippen LogP contribution >= 0.6 is 11.8 Å². The normalized spacial score (nSPS) is 15.4. The molecule has 2 amide bonds. The van der Waals surface area contributed by atoms with E-state index < -0.39 is 18.5 Å². The first kappa shape index (κ1) is 15.6. The predicted molar refractivity (Wildman–Crippen MR) is 72.3 cm³/mol. The molecule has 0 radical (unpaired) electrons. The fourth-order valence-corrected chi connectivity index (χ4v) is 2.81. The number of hydrogen-bond acceptors (Lipinski definition) is 4. The van der Waals surface area contributed by atoms with Gasteiger partial charge < -0.3 is 10.2 Å². The minimum absolute atomic E-state index is 0.0400. The molecule has 1 aliphatic heterocycles. The van der Waals surface area contributed by atoms with Crippen LogP contribution in [-0.2, 0) is 9.59 Å². The zero-order chi connectivity index (χ0) is 15.6. The summed E-state index contributed by atoms with van der Waals surface area (Å²) >= 11 is 1.40. The number of amides is 2. The van der Waals surface area contributed by atoms with Crippen LogP contribution in [0.5, 0.6) is 0 Å². The van der Waals surface area contributed by atoms with Crippen molar-refractivity contribution in [1.82, 2.24) is 4.98 Å². The van der Waals surface area contributed by atoms with Crippen molar-refractivity contribution >= 4 is 35.1 Å². The Balaban J connectivity index is 2.16. The molecule has 1 N–H and O–H groups in total. The molecule has 1 aromatic heterocycles. The summed E-state index contributed by atoms with van der Waals surface area (Å²) in [6.07, 6.45) is -4.38. The number of alkyl halides is 3. The van der Waals surface area contributed by atoms with Gasteiger partial charge in [0.05, 0.1) is 11.9 Å². The van der Waals surface area contributed by atoms with Crippen LogP contribution in [-0.4, -0.2) is 35.8 Å². The number of nitrogens with zero attached hydrogens (tertiary/aromatic N) is 2. The number of thioether (sulfide) groups is 1. The molecule has 1 aromatic rings. The van der Waals surface area contributed by atoms with Crippen molar-refractivity contribution in [3.05, 3.63) is 12.3 Å². The number of aromatic nitrogens is 1. The van der Waals surface area contributed by atoms with Crippen LogP contribution in [0.25, 0.3) is 0 Å². The van der Waals surface area contributed by atoms with Crippen molar-refractivity contribution < 1.29 is 22.8 Å². The summed E-state index contributed by atoms with van der Waals surface area (Å²) in [6, 6.07) is 1.48. The average molecular weight is 319 g/mol. The van der Waals surface area contributed by atoms with Gasteiger partial charge in [0.2, 0.25) is 11.8 Å². The Labute approximate surface area is 122 Å². The number of rotatable bonds is 2. The first-order chi connectivity index (χ1) is 9.76. The molecule has 5 nitrogen and oxygen atoms in total. The number of carbonyl (C=O) groups excluding carboxylic acids is 2. The van der Waals surface area contributed by atoms with Gasteiger partial charge in [0.15, 0.2) is 0 Å². The number of anilines is 2. The first-order valence-corrected chi connectivity index (χ1v) is 7.01. The summed E-state index contributed by atoms with van der Waals surface area (Å²) in [5.74, 6) is -0.621. The molecule has 2 rings (SSSR count). The number of carbonyl (C=O) groups is 2. The van der Waals surface area contributed by atoms with E-state index in [0.29, 0.717) is 22.8 Å². The third-order valence-corrected chi connectivity index (χ3v) is 3.83. The SMILES string of the molecule is CN1C(=O)CCSc2cc(NC(=O)CC(F)(F)F)ncc21. The van der Waals surface area contributed by atoms with E-state index in [1.807, 2.05) is 0 Å². The van der Waals surface area contributed by atoms with Crippen molar-refractivity contribution in [1.29, 1.82) is 0 Å². The van der Waals surface area contributed by atoms with E-state index in [1.54, 1.807) is 7.05 Å². The summed E-state index contributed by atoms with van der Waals surface area (Å²) in [5, 5.41) is 2.11. The molecule has 2 heterocycles. The molecule has 0 saturated heterocycles. The van der Waals surface area contributed by atoms with E-state index in [2.05, 4.69) is 10.3 Å². The molecule has 0 saturated carbocycles. The fraction of sp³-hybridized carbons (Fsp3) is 0.417. The minimum Gasteiger partial charge on any atom is -0.313 e. The molecular weight excluding hydrogens is 307 g/mol. The van der Waals surface area contributed by atoms with E-state index >= 15 is 0 Å². The summed E-state index contributed by atoms with van der Waals surface area (Å²) in [5.41, 5.74) is 0.580. The molecule has 0 aliphatic carbocycles. The molecule has 0 unspecified atom stereocenters. The Hall–Kier alpha value is -1.77. The Kier molecular flexibility index (Phi) is 4.40. The molecule has 0 atom stereocenters. The number of nitrogens with one attached hydrogen (secondary N) is 1. The lowest BCUT2D eigenvalue weighted by Crippen LogP contribution is -2.25. The van der Waals surface area contributed by atoms with Crippen LogP contribution in [0.3, 0.4) is 0 Å². The summed E-state index contributed by atoms with van der Waals surface area (Å²) in [7, 11) is 1.61. The second-order valence-electron chi connectivity index (χ2n) is 4.43. The smallest absolute Gasteiger partial charge is 0.313 e. The predicted octanol–water partition coefficient (Wildman–Crippen LogP) is 2.43. The van der Waals surface area contributed by atoms with Crippen molar-refractivity contribution in [3.63, 3.8) is 0 Å². The quantitative estimate of drug-likeness (QED) is 0.909. The number of fused-ring (bicyclic) bond motifs is 1. The van der Waals surface area contributed by atoms with Gasteiger partial charge >= 0.3 is 6.18 Å². The Morgan fingerprint density at radius 3 is 2.90 bits per heavy atom. The van der Waals surface area contributed by atoms with Crippen LogP contribution in [0.4, 0.5) is 24.7 Å². The summed E-state index contributed by atoms with van der Waals surface area (Å²) in [4.78, 5) is 28.9. The molecular formula is C12H12F3N3O2S. The third kappa shape index (κ3) is 4.10. The van der Waals surface area contributed by atoms with Crippen LogP contribution < -0.4 is 10.2 Å². The lowest BCUT2D eigenvalue weighted by atomic mass is 10.3. The van der Waals surface area contributed by atoms with E-state index in [9.17, 15) is 22.8 Å². The molecule has 9 heteroatoms. The van der Waals surface area contributed by atoms with Crippen LogP contribution in [0.2, 0.25) is 0 Å². The molecule has 0 bridgehead atoms. The average Bonchev–Trinajstić information content (AvgIpc) is 2.48. The van der Waals surface area contributed by atoms with Crippen molar-refractivity contribution in [2.75, 3.05) is 23.0 Å². The van der Waals surface area contributed by atoms with Gasteiger partial charge in [-0.25, -0.2) is 4.98 Å². The van der Waals surface area contributed by atoms with Crippen molar-refractivity contribution in [2.24, 2.45) is 0 Å². The number of halogens is 3. The molecule has 1 aliphatic rings. The number of hydrogen-bond donors (Lipinski definition) is 1. The maximum absolute atomic E-state index is 12.1. The highest BCUT2D eigenvalue weighted by Crippen LogP contribution is 2.34. The largest absolute Gasteiger partial charge is 0.397 e. The van der Waals surface area contributed by atoms with Gasteiger partial charge in [-0.05, 0) is 6.07 Å². The van der Waals surface area contributed by atoms with Crippen molar-refractivity contribution in [3.8, 4) is 0 Å². The summed E-state index contributed by atoms with van der Waals surface area (Å²) in [6.45, 7) is 0. The summed E-state index contributed by atoms with van der Waals surface area (Å²) < 4.78 is 36.3. The van der Waals surface area contributed by atoms with E-state index in [1.165, 1.54) is 28.9 Å². The maximum Gasteiger partial charge on any atom is 0.397 e. The lowest BCUT2D eigenvalue weighted by Gasteiger charge is -2.17. The minimum atomic E-state index is -4.56. The van der Waals surface area contributed by atoms with Gasteiger partial charge in [-0.3, -0.25) is 9.59 Å².